The highest BCUT2D eigenvalue weighted by atomic mass is 16.5. The van der Waals surface area contributed by atoms with Gasteiger partial charge in [-0.1, -0.05) is 12.1 Å². The molecule has 2 aromatic carbocycles. The first-order valence-electron chi connectivity index (χ1n) is 8.10. The van der Waals surface area contributed by atoms with Crippen molar-refractivity contribution >= 4 is 22.5 Å². The Morgan fingerprint density at radius 3 is 2.42 bits per heavy atom. The van der Waals surface area contributed by atoms with Crippen LogP contribution in [0.1, 0.15) is 15.9 Å². The van der Waals surface area contributed by atoms with Crippen LogP contribution >= 0.6 is 0 Å². The van der Waals surface area contributed by atoms with Gasteiger partial charge in [0.25, 0.3) is 11.5 Å². The van der Waals surface area contributed by atoms with Crippen LogP contribution in [0.4, 0.5) is 5.69 Å². The van der Waals surface area contributed by atoms with Gasteiger partial charge < -0.3 is 19.3 Å². The summed E-state index contributed by atoms with van der Waals surface area (Å²) in [5.74, 6) is -0.195. The van der Waals surface area contributed by atoms with E-state index in [4.69, 9.17) is 4.74 Å². The van der Waals surface area contributed by atoms with Crippen molar-refractivity contribution < 1.29 is 14.6 Å². The quantitative estimate of drug-likeness (QED) is 0.787. The summed E-state index contributed by atoms with van der Waals surface area (Å²) in [5.41, 5.74) is 1.17. The molecule has 0 radical (unpaired) electrons. The van der Waals surface area contributed by atoms with Crippen LogP contribution in [-0.2, 0) is 7.05 Å². The molecule has 0 bridgehead atoms. The van der Waals surface area contributed by atoms with Crippen LogP contribution in [0.25, 0.3) is 10.9 Å². The van der Waals surface area contributed by atoms with Gasteiger partial charge in [0.15, 0.2) is 0 Å². The molecule has 134 valence electrons. The molecule has 3 aromatic rings. The van der Waals surface area contributed by atoms with Gasteiger partial charge in [-0.2, -0.15) is 0 Å². The van der Waals surface area contributed by atoms with E-state index in [1.54, 1.807) is 51.5 Å². The van der Waals surface area contributed by atoms with E-state index in [1.807, 2.05) is 19.1 Å². The lowest BCUT2D eigenvalue weighted by Crippen LogP contribution is -2.34. The lowest BCUT2D eigenvalue weighted by molar-refractivity contribution is 0.0988. The van der Waals surface area contributed by atoms with Crippen molar-refractivity contribution in [2.45, 2.75) is 6.92 Å². The van der Waals surface area contributed by atoms with E-state index in [0.29, 0.717) is 22.3 Å². The van der Waals surface area contributed by atoms with Gasteiger partial charge in [0.2, 0.25) is 0 Å². The van der Waals surface area contributed by atoms with Crippen molar-refractivity contribution in [3.05, 3.63) is 63.9 Å². The number of amides is 1. The maximum absolute atomic E-state index is 13.0. The fraction of sp³-hybridized carbons (Fsp3) is 0.200. The lowest BCUT2D eigenvalue weighted by atomic mass is 10.0. The number of aromatic hydroxyl groups is 1. The molecule has 0 fully saturated rings. The molecule has 26 heavy (non-hydrogen) atoms. The molecule has 0 spiro atoms. The van der Waals surface area contributed by atoms with E-state index in [1.165, 1.54) is 9.47 Å². The molecule has 0 saturated carbocycles. The molecule has 0 aliphatic rings. The minimum absolute atomic E-state index is 0.243. The Hall–Kier alpha value is -3.28. The zero-order valence-electron chi connectivity index (χ0n) is 15.1. The van der Waals surface area contributed by atoms with Crippen molar-refractivity contribution in [2.75, 3.05) is 19.1 Å². The van der Waals surface area contributed by atoms with E-state index in [0.717, 1.165) is 5.56 Å². The third-order valence-electron chi connectivity index (χ3n) is 4.58. The topological polar surface area (TPSA) is 71.8 Å². The standard InChI is InChI=1S/C20H20N2O4/c1-12-6-5-7-15-16(12)18(23)17(20(25)22(15)3)19(24)21(2)13-8-10-14(26-4)11-9-13/h5-11,23H,1-4H3. The SMILES string of the molecule is COc1ccc(N(C)C(=O)c2c(O)c3c(C)cccc3n(C)c2=O)cc1. The number of pyridine rings is 1. The van der Waals surface area contributed by atoms with Crippen LogP contribution in [-0.4, -0.2) is 29.7 Å². The third-order valence-corrected chi connectivity index (χ3v) is 4.58. The molecule has 1 heterocycles. The van der Waals surface area contributed by atoms with E-state index >= 15 is 0 Å². The second-order valence-corrected chi connectivity index (χ2v) is 6.12. The average Bonchev–Trinajstić information content (AvgIpc) is 2.65. The summed E-state index contributed by atoms with van der Waals surface area (Å²) in [6.07, 6.45) is 0. The minimum Gasteiger partial charge on any atom is -0.506 e. The number of methoxy groups -OCH3 is 1. The summed E-state index contributed by atoms with van der Waals surface area (Å²) in [5, 5.41) is 11.2. The van der Waals surface area contributed by atoms with E-state index in [-0.39, 0.29) is 11.3 Å². The molecule has 6 heteroatoms. The largest absolute Gasteiger partial charge is 0.506 e. The number of aryl methyl sites for hydroxylation is 2. The second kappa shape index (κ2) is 6.55. The molecule has 0 unspecified atom stereocenters. The van der Waals surface area contributed by atoms with Gasteiger partial charge in [-0.3, -0.25) is 9.59 Å². The Morgan fingerprint density at radius 2 is 1.81 bits per heavy atom. The molecule has 1 aromatic heterocycles. The molecule has 0 atom stereocenters. The third kappa shape index (κ3) is 2.69. The van der Waals surface area contributed by atoms with Crippen molar-refractivity contribution in [3.63, 3.8) is 0 Å². The number of hydrogen-bond acceptors (Lipinski definition) is 4. The molecule has 1 N–H and O–H groups in total. The average molecular weight is 352 g/mol. The summed E-state index contributed by atoms with van der Waals surface area (Å²) in [6, 6.07) is 12.2. The van der Waals surface area contributed by atoms with Crippen molar-refractivity contribution in [2.24, 2.45) is 7.05 Å². The maximum Gasteiger partial charge on any atom is 0.267 e. The number of rotatable bonds is 3. The van der Waals surface area contributed by atoms with Crippen LogP contribution in [0.15, 0.2) is 47.3 Å². The summed E-state index contributed by atoms with van der Waals surface area (Å²) in [7, 11) is 4.71. The summed E-state index contributed by atoms with van der Waals surface area (Å²) >= 11 is 0. The minimum atomic E-state index is -0.571. The number of carbonyl (C=O) groups is 1. The number of nitrogens with zero attached hydrogens (tertiary/aromatic N) is 2. The van der Waals surface area contributed by atoms with E-state index in [9.17, 15) is 14.7 Å². The first-order chi connectivity index (χ1) is 12.4. The van der Waals surface area contributed by atoms with Crippen LogP contribution in [0, 0.1) is 6.92 Å². The van der Waals surface area contributed by atoms with Gasteiger partial charge in [-0.25, -0.2) is 0 Å². The lowest BCUT2D eigenvalue weighted by Gasteiger charge is -2.19. The Bertz CT molecular complexity index is 1050. The van der Waals surface area contributed by atoms with E-state index < -0.39 is 11.5 Å². The van der Waals surface area contributed by atoms with Gasteiger partial charge in [0.1, 0.15) is 17.1 Å². The predicted octanol–water partition coefficient (Wildman–Crippen LogP) is 2.84. The monoisotopic (exact) mass is 352 g/mol. The summed E-state index contributed by atoms with van der Waals surface area (Å²) < 4.78 is 6.50. The number of hydrogen-bond donors (Lipinski definition) is 1. The molecule has 6 nitrogen and oxygen atoms in total. The number of ether oxygens (including phenoxy) is 1. The predicted molar refractivity (Wildman–Crippen MR) is 101 cm³/mol. The van der Waals surface area contributed by atoms with Crippen LogP contribution in [0.3, 0.4) is 0 Å². The maximum atomic E-state index is 13.0. The number of anilines is 1. The number of fused-ring (bicyclic) bond motifs is 1. The van der Waals surface area contributed by atoms with Crippen LogP contribution < -0.4 is 15.2 Å². The molecule has 1 amide bonds. The highest BCUT2D eigenvalue weighted by Gasteiger charge is 2.25. The molecule has 0 aliphatic heterocycles. The van der Waals surface area contributed by atoms with Gasteiger partial charge in [0, 0.05) is 25.2 Å². The first-order valence-corrected chi connectivity index (χ1v) is 8.10. The number of benzene rings is 2. The number of aromatic nitrogens is 1. The van der Waals surface area contributed by atoms with Gasteiger partial charge >= 0.3 is 0 Å². The summed E-state index contributed by atoms with van der Waals surface area (Å²) in [6.45, 7) is 1.83. The Labute approximate surface area is 150 Å². The van der Waals surface area contributed by atoms with Crippen molar-refractivity contribution in [1.82, 2.24) is 4.57 Å². The Morgan fingerprint density at radius 1 is 1.15 bits per heavy atom. The Balaban J connectivity index is 2.16. The highest BCUT2D eigenvalue weighted by molar-refractivity contribution is 6.10. The fourth-order valence-corrected chi connectivity index (χ4v) is 3.03. The molecule has 0 aliphatic carbocycles. The van der Waals surface area contributed by atoms with Crippen molar-refractivity contribution in [3.8, 4) is 11.5 Å². The molecular formula is C20H20N2O4. The summed E-state index contributed by atoms with van der Waals surface area (Å²) in [4.78, 5) is 27.0. The number of carbonyl (C=O) groups excluding carboxylic acids is 1. The van der Waals surface area contributed by atoms with Gasteiger partial charge in [0.05, 0.1) is 12.6 Å². The zero-order chi connectivity index (χ0) is 19.0. The Kier molecular flexibility index (Phi) is 4.42. The second-order valence-electron chi connectivity index (χ2n) is 6.12. The van der Waals surface area contributed by atoms with Crippen LogP contribution in [0.2, 0.25) is 0 Å². The van der Waals surface area contributed by atoms with E-state index in [2.05, 4.69) is 0 Å². The van der Waals surface area contributed by atoms with Gasteiger partial charge in [-0.15, -0.1) is 0 Å². The molecule has 3 rings (SSSR count). The normalized spacial score (nSPS) is 10.8. The van der Waals surface area contributed by atoms with Gasteiger partial charge in [-0.05, 0) is 42.8 Å². The molecular weight excluding hydrogens is 332 g/mol. The fourth-order valence-electron chi connectivity index (χ4n) is 3.03. The molecule has 0 saturated heterocycles. The van der Waals surface area contributed by atoms with Crippen LogP contribution in [0.5, 0.6) is 11.5 Å². The van der Waals surface area contributed by atoms with Crippen molar-refractivity contribution in [1.29, 1.82) is 0 Å². The zero-order valence-corrected chi connectivity index (χ0v) is 15.1. The smallest absolute Gasteiger partial charge is 0.267 e. The first kappa shape index (κ1) is 17.5. The highest BCUT2D eigenvalue weighted by Crippen LogP contribution is 2.30.